The highest BCUT2D eigenvalue weighted by atomic mass is 35.5. The molecule has 46 heavy (non-hydrogen) atoms. The molecule has 5 N–H and O–H groups in total. The van der Waals surface area contributed by atoms with Crippen molar-refractivity contribution in [2.45, 2.75) is 38.1 Å². The minimum absolute atomic E-state index is 0.118. The van der Waals surface area contributed by atoms with Crippen molar-refractivity contribution in [1.29, 1.82) is 0 Å². The second-order valence-corrected chi connectivity index (χ2v) is 11.6. The van der Waals surface area contributed by atoms with Crippen LogP contribution in [0.4, 0.5) is 43.3 Å². The van der Waals surface area contributed by atoms with Crippen LogP contribution in [0, 0.1) is 5.82 Å². The Labute approximate surface area is 271 Å². The van der Waals surface area contributed by atoms with Gasteiger partial charge in [-0.15, -0.1) is 0 Å². The number of ether oxygens (including phenoxy) is 1. The highest BCUT2D eigenvalue weighted by molar-refractivity contribution is 6.31. The molecule has 1 aliphatic rings. The SMILES string of the molecule is C=CC(=O)Nc1cc(Nc2nccc(Nc3cc(Cl)c(F)cc3C(C)(C)O)n2)c(OC)cc1N1C[C@H](F)C[C@@H]1CN(C)C.O=CO. The van der Waals surface area contributed by atoms with Crippen molar-refractivity contribution in [3.8, 4) is 5.75 Å². The highest BCUT2D eigenvalue weighted by Gasteiger charge is 2.34. The lowest BCUT2D eigenvalue weighted by atomic mass is 9.96. The number of carbonyl (C=O) groups is 2. The Balaban J connectivity index is 0.00000185. The number of anilines is 6. The van der Waals surface area contributed by atoms with Crippen molar-refractivity contribution >= 4 is 58.5 Å². The van der Waals surface area contributed by atoms with Crippen molar-refractivity contribution in [3.63, 3.8) is 0 Å². The van der Waals surface area contributed by atoms with Gasteiger partial charge in [0, 0.05) is 49.1 Å². The zero-order chi connectivity index (χ0) is 34.2. The maximum absolute atomic E-state index is 14.6. The molecule has 12 nitrogen and oxygen atoms in total. The number of methoxy groups -OCH3 is 1. The van der Waals surface area contributed by atoms with Gasteiger partial charge in [-0.05, 0) is 58.3 Å². The lowest BCUT2D eigenvalue weighted by molar-refractivity contribution is -0.122. The maximum Gasteiger partial charge on any atom is 0.290 e. The maximum atomic E-state index is 14.6. The summed E-state index contributed by atoms with van der Waals surface area (Å²) in [5.74, 6) is -0.174. The van der Waals surface area contributed by atoms with Crippen LogP contribution in [-0.2, 0) is 15.2 Å². The fraction of sp³-hybridized carbons (Fsp3) is 0.355. The number of carboxylic acid groups (broad SMARTS) is 1. The number of benzene rings is 2. The molecular formula is C31H38ClF2N7O5. The summed E-state index contributed by atoms with van der Waals surface area (Å²) >= 11 is 6.02. The number of nitrogens with zero attached hydrogens (tertiary/aromatic N) is 4. The summed E-state index contributed by atoms with van der Waals surface area (Å²) < 4.78 is 34.5. The molecule has 1 aromatic heterocycles. The number of aliphatic hydroxyl groups is 1. The van der Waals surface area contributed by atoms with E-state index in [2.05, 4.69) is 32.5 Å². The minimum atomic E-state index is -1.37. The molecule has 0 spiro atoms. The number of amides is 1. The number of carbonyl (C=O) groups excluding carboxylic acids is 1. The predicted octanol–water partition coefficient (Wildman–Crippen LogP) is 5.30. The quantitative estimate of drug-likeness (QED) is 0.135. The number of likely N-dealkylation sites (N-methyl/N-ethyl adjacent to an activating group) is 1. The van der Waals surface area contributed by atoms with Gasteiger partial charge in [0.1, 0.15) is 23.6 Å². The lowest BCUT2D eigenvalue weighted by Gasteiger charge is -2.31. The normalized spacial score (nSPS) is 15.9. The second-order valence-electron chi connectivity index (χ2n) is 11.2. The minimum Gasteiger partial charge on any atom is -0.494 e. The molecule has 248 valence electrons. The van der Waals surface area contributed by atoms with E-state index >= 15 is 0 Å². The molecule has 0 saturated carbocycles. The summed E-state index contributed by atoms with van der Waals surface area (Å²) in [7, 11) is 5.36. The second kappa shape index (κ2) is 15.7. The van der Waals surface area contributed by atoms with Gasteiger partial charge in [0.25, 0.3) is 6.47 Å². The summed E-state index contributed by atoms with van der Waals surface area (Å²) in [6.45, 7) is 7.15. The number of nitrogens with one attached hydrogen (secondary N) is 3. The summed E-state index contributed by atoms with van der Waals surface area (Å²) in [5.41, 5.74) is 0.748. The third-order valence-corrected chi connectivity index (χ3v) is 7.18. The molecular weight excluding hydrogens is 624 g/mol. The molecule has 2 aromatic carbocycles. The van der Waals surface area contributed by atoms with E-state index in [-0.39, 0.29) is 35.6 Å². The van der Waals surface area contributed by atoms with Crippen molar-refractivity contribution in [2.75, 3.05) is 55.1 Å². The van der Waals surface area contributed by atoms with Crippen LogP contribution in [0.5, 0.6) is 5.75 Å². The van der Waals surface area contributed by atoms with E-state index in [9.17, 15) is 18.7 Å². The average molecular weight is 662 g/mol. The van der Waals surface area contributed by atoms with Crippen LogP contribution in [-0.4, -0.2) is 84.0 Å². The summed E-state index contributed by atoms with van der Waals surface area (Å²) in [4.78, 5) is 33.5. The molecule has 1 saturated heterocycles. The van der Waals surface area contributed by atoms with Crippen molar-refractivity contribution in [1.82, 2.24) is 14.9 Å². The first-order valence-corrected chi connectivity index (χ1v) is 14.5. The van der Waals surface area contributed by atoms with Gasteiger partial charge in [0.05, 0.1) is 34.8 Å². The number of aromatic nitrogens is 2. The molecule has 0 unspecified atom stereocenters. The van der Waals surface area contributed by atoms with Gasteiger partial charge in [-0.1, -0.05) is 18.2 Å². The first-order chi connectivity index (χ1) is 21.7. The molecule has 3 aromatic rings. The van der Waals surface area contributed by atoms with E-state index in [0.29, 0.717) is 47.3 Å². The van der Waals surface area contributed by atoms with Crippen LogP contribution in [0.2, 0.25) is 5.02 Å². The monoisotopic (exact) mass is 661 g/mol. The zero-order valence-electron chi connectivity index (χ0n) is 26.1. The fourth-order valence-electron chi connectivity index (χ4n) is 5.01. The van der Waals surface area contributed by atoms with Crippen molar-refractivity contribution in [3.05, 3.63) is 65.6 Å². The number of hydrogen-bond acceptors (Lipinski definition) is 10. The summed E-state index contributed by atoms with van der Waals surface area (Å²) in [6.07, 6.45) is 2.00. The van der Waals surface area contributed by atoms with Gasteiger partial charge in [-0.3, -0.25) is 9.59 Å². The van der Waals surface area contributed by atoms with Gasteiger partial charge >= 0.3 is 0 Å². The standard InChI is InChI=1S/C30H36ClF2N7O3.CH2O2/c1-7-28(41)36-23-13-24(26(43-6)14-25(23)40-15-17(32)10-18(40)16-39(4)5)37-29-34-9-8-27(38-29)35-22-12-20(31)21(33)11-19(22)30(2,3)42;2-1-3/h7-9,11-14,17-18,42H,1,10,15-16H2,2-6H3,(H,36,41)(H2,34,35,37,38);1H,(H,2,3)/t17-,18-;/m1./s1. The van der Waals surface area contributed by atoms with E-state index in [0.717, 1.165) is 6.08 Å². The zero-order valence-corrected chi connectivity index (χ0v) is 26.9. The molecule has 1 amide bonds. The summed E-state index contributed by atoms with van der Waals surface area (Å²) in [6, 6.07) is 7.43. The van der Waals surface area contributed by atoms with Gasteiger partial charge < -0.3 is 40.7 Å². The van der Waals surface area contributed by atoms with E-state index in [1.807, 2.05) is 23.9 Å². The molecule has 0 aliphatic carbocycles. The molecule has 2 heterocycles. The highest BCUT2D eigenvalue weighted by Crippen LogP contribution is 2.41. The van der Waals surface area contributed by atoms with Crippen molar-refractivity contribution < 1.29 is 33.3 Å². The van der Waals surface area contributed by atoms with Crippen LogP contribution in [0.1, 0.15) is 25.8 Å². The van der Waals surface area contributed by atoms with Crippen molar-refractivity contribution in [2.24, 2.45) is 0 Å². The van der Waals surface area contributed by atoms with E-state index in [1.165, 1.54) is 39.3 Å². The fourth-order valence-corrected chi connectivity index (χ4v) is 5.17. The first-order valence-electron chi connectivity index (χ1n) is 14.1. The Morgan fingerprint density at radius 2 is 1.93 bits per heavy atom. The number of rotatable bonds is 11. The Morgan fingerprint density at radius 1 is 1.24 bits per heavy atom. The molecule has 2 atom stereocenters. The Bertz CT molecular complexity index is 1550. The predicted molar refractivity (Wildman–Crippen MR) is 175 cm³/mol. The van der Waals surface area contributed by atoms with Crippen LogP contribution >= 0.6 is 11.6 Å². The van der Waals surface area contributed by atoms with Crippen LogP contribution in [0.15, 0.2) is 49.2 Å². The Hall–Kier alpha value is -4.53. The molecule has 15 heteroatoms. The van der Waals surface area contributed by atoms with Gasteiger partial charge in [0.15, 0.2) is 0 Å². The van der Waals surface area contributed by atoms with E-state index in [1.54, 1.807) is 18.2 Å². The van der Waals surface area contributed by atoms with Gasteiger partial charge in [-0.25, -0.2) is 13.8 Å². The number of halogens is 3. The van der Waals surface area contributed by atoms with Gasteiger partial charge in [-0.2, -0.15) is 4.98 Å². The topological polar surface area (TPSA) is 152 Å². The summed E-state index contributed by atoms with van der Waals surface area (Å²) in [5, 5.41) is 26.4. The van der Waals surface area contributed by atoms with Crippen LogP contribution in [0.3, 0.4) is 0 Å². The third-order valence-electron chi connectivity index (χ3n) is 6.89. The van der Waals surface area contributed by atoms with Crippen LogP contribution in [0.25, 0.3) is 0 Å². The molecule has 0 bridgehead atoms. The molecule has 1 aliphatic heterocycles. The van der Waals surface area contributed by atoms with Gasteiger partial charge in [0.2, 0.25) is 11.9 Å². The Morgan fingerprint density at radius 3 is 2.54 bits per heavy atom. The van der Waals surface area contributed by atoms with E-state index < -0.39 is 23.5 Å². The van der Waals surface area contributed by atoms with Crippen LogP contribution < -0.4 is 25.6 Å². The number of alkyl halides is 1. The third kappa shape index (κ3) is 9.25. The molecule has 1 fully saturated rings. The first kappa shape index (κ1) is 35.9. The lowest BCUT2D eigenvalue weighted by Crippen LogP contribution is -2.38. The average Bonchev–Trinajstić information content (AvgIpc) is 3.33. The molecule has 4 rings (SSSR count). The van der Waals surface area contributed by atoms with E-state index in [4.69, 9.17) is 26.2 Å². The molecule has 0 radical (unpaired) electrons. The largest absolute Gasteiger partial charge is 0.494 e. The smallest absolute Gasteiger partial charge is 0.290 e. The number of hydrogen-bond donors (Lipinski definition) is 5. The Kier molecular flexibility index (Phi) is 12.2.